The number of nitrogens with two attached hydrogens (primary N) is 1. The number of halogens is 1. The Morgan fingerprint density at radius 2 is 1.81 bits per heavy atom. The molecule has 5 nitrogen and oxygen atoms in total. The second-order valence-corrected chi connectivity index (χ2v) is 6.40. The van der Waals surface area contributed by atoms with Crippen molar-refractivity contribution in [3.05, 3.63) is 48.3 Å². The minimum atomic E-state index is -0.364. The van der Waals surface area contributed by atoms with Crippen LogP contribution in [-0.2, 0) is 6.42 Å². The maximum atomic E-state index is 12.6. The Bertz CT molecular complexity index is 673. The zero-order chi connectivity index (χ0) is 19.6. The molecule has 3 N–H and O–H groups in total. The molecule has 1 saturated carbocycles. The molecule has 0 amide bonds. The van der Waals surface area contributed by atoms with Crippen LogP contribution in [0.5, 0.6) is 5.75 Å². The standard InChI is InChI=1S/C19H24FN3O2.C2H6/c20-11-9-14-1-3-15(4-2-14)23(16-5-7-17(24)8-6-16)18-13-22-12-10-19(18)25-21;1-2/h1-4,10,12-13,16-17,24H,5-9,11,21H2;1-2H3. The summed E-state index contributed by atoms with van der Waals surface area (Å²) < 4.78 is 12.6. The van der Waals surface area contributed by atoms with Crippen molar-refractivity contribution in [3.63, 3.8) is 0 Å². The third-order valence-electron chi connectivity index (χ3n) is 4.78. The summed E-state index contributed by atoms with van der Waals surface area (Å²) in [6.45, 7) is 3.64. The number of aliphatic hydroxyl groups excluding tert-OH is 1. The lowest BCUT2D eigenvalue weighted by molar-refractivity contribution is 0.123. The molecule has 1 aliphatic carbocycles. The normalized spacial score (nSPS) is 19.0. The summed E-state index contributed by atoms with van der Waals surface area (Å²) in [7, 11) is 0. The van der Waals surface area contributed by atoms with E-state index in [2.05, 4.69) is 9.88 Å². The molecule has 0 aliphatic heterocycles. The summed E-state index contributed by atoms with van der Waals surface area (Å²) in [6.07, 6.45) is 6.82. The predicted molar refractivity (Wildman–Crippen MR) is 107 cm³/mol. The number of benzene rings is 1. The molecule has 1 aromatic carbocycles. The van der Waals surface area contributed by atoms with Gasteiger partial charge in [-0.15, -0.1) is 0 Å². The van der Waals surface area contributed by atoms with Crippen LogP contribution in [0.15, 0.2) is 42.7 Å². The molecule has 27 heavy (non-hydrogen) atoms. The number of hydrogen-bond acceptors (Lipinski definition) is 5. The van der Waals surface area contributed by atoms with E-state index in [1.807, 2.05) is 38.1 Å². The number of aromatic nitrogens is 1. The van der Waals surface area contributed by atoms with Gasteiger partial charge >= 0.3 is 0 Å². The number of hydrogen-bond donors (Lipinski definition) is 2. The van der Waals surface area contributed by atoms with Crippen LogP contribution in [0.25, 0.3) is 0 Å². The zero-order valence-corrected chi connectivity index (χ0v) is 16.1. The Morgan fingerprint density at radius 1 is 1.15 bits per heavy atom. The van der Waals surface area contributed by atoms with Gasteiger partial charge < -0.3 is 14.8 Å². The maximum absolute atomic E-state index is 12.6. The van der Waals surface area contributed by atoms with Crippen molar-refractivity contribution in [2.45, 2.75) is 58.1 Å². The van der Waals surface area contributed by atoms with E-state index in [-0.39, 0.29) is 18.8 Å². The molecule has 0 radical (unpaired) electrons. The van der Waals surface area contributed by atoms with Gasteiger partial charge in [0.15, 0.2) is 5.75 Å². The van der Waals surface area contributed by atoms with Gasteiger partial charge in [0.2, 0.25) is 0 Å². The number of anilines is 2. The molecule has 0 bridgehead atoms. The summed E-state index contributed by atoms with van der Waals surface area (Å²) >= 11 is 0. The number of aryl methyl sites for hydroxylation is 1. The Kier molecular flexibility index (Phi) is 8.48. The van der Waals surface area contributed by atoms with Crippen LogP contribution in [-0.4, -0.2) is 28.9 Å². The zero-order valence-electron chi connectivity index (χ0n) is 16.1. The highest BCUT2D eigenvalue weighted by Gasteiger charge is 2.28. The van der Waals surface area contributed by atoms with Gasteiger partial charge in [0.1, 0.15) is 5.69 Å². The van der Waals surface area contributed by atoms with Crippen LogP contribution >= 0.6 is 0 Å². The van der Waals surface area contributed by atoms with Gasteiger partial charge in [-0.2, -0.15) is 5.90 Å². The molecule has 0 unspecified atom stereocenters. The van der Waals surface area contributed by atoms with Gasteiger partial charge in [0.05, 0.1) is 19.0 Å². The van der Waals surface area contributed by atoms with Crippen molar-refractivity contribution in [1.82, 2.24) is 4.98 Å². The van der Waals surface area contributed by atoms with Crippen LogP contribution in [0.1, 0.15) is 45.1 Å². The second kappa shape index (κ2) is 10.8. The molecule has 1 aromatic heterocycles. The fraction of sp³-hybridized carbons (Fsp3) is 0.476. The van der Waals surface area contributed by atoms with Gasteiger partial charge in [0.25, 0.3) is 0 Å². The van der Waals surface area contributed by atoms with E-state index in [0.717, 1.165) is 42.6 Å². The fourth-order valence-corrected chi connectivity index (χ4v) is 3.45. The average molecular weight is 375 g/mol. The predicted octanol–water partition coefficient (Wildman–Crippen LogP) is 4.31. The highest BCUT2D eigenvalue weighted by atomic mass is 19.1. The number of pyridine rings is 1. The van der Waals surface area contributed by atoms with E-state index >= 15 is 0 Å². The Balaban J connectivity index is 0.00000126. The lowest BCUT2D eigenvalue weighted by Gasteiger charge is -2.37. The van der Waals surface area contributed by atoms with Gasteiger partial charge in [-0.25, -0.2) is 0 Å². The number of alkyl halides is 1. The quantitative estimate of drug-likeness (QED) is 0.736. The summed E-state index contributed by atoms with van der Waals surface area (Å²) in [6, 6.07) is 9.82. The monoisotopic (exact) mass is 375 g/mol. The van der Waals surface area contributed by atoms with Crippen LogP contribution in [0, 0.1) is 0 Å². The molecule has 1 heterocycles. The minimum absolute atomic E-state index is 0.216. The summed E-state index contributed by atoms with van der Waals surface area (Å²) in [5, 5.41) is 9.84. The smallest absolute Gasteiger partial charge is 0.173 e. The first-order valence-electron chi connectivity index (χ1n) is 9.66. The third kappa shape index (κ3) is 5.40. The van der Waals surface area contributed by atoms with Crippen molar-refractivity contribution >= 4 is 11.4 Å². The van der Waals surface area contributed by atoms with Crippen LogP contribution in [0.3, 0.4) is 0 Å². The van der Waals surface area contributed by atoms with Crippen LogP contribution < -0.4 is 15.6 Å². The molecule has 2 aromatic rings. The van der Waals surface area contributed by atoms with Crippen LogP contribution in [0.4, 0.5) is 15.8 Å². The Morgan fingerprint density at radius 3 is 2.41 bits per heavy atom. The molecule has 3 rings (SSSR count). The van der Waals surface area contributed by atoms with E-state index < -0.39 is 0 Å². The molecule has 0 atom stereocenters. The first kappa shape index (κ1) is 21.1. The van der Waals surface area contributed by atoms with E-state index in [1.54, 1.807) is 18.5 Å². The molecule has 0 spiro atoms. The summed E-state index contributed by atoms with van der Waals surface area (Å²) in [4.78, 5) is 11.4. The molecular weight excluding hydrogens is 345 g/mol. The van der Waals surface area contributed by atoms with E-state index in [4.69, 9.17) is 10.7 Å². The van der Waals surface area contributed by atoms with Gasteiger partial charge in [-0.05, 0) is 43.4 Å². The molecule has 1 fully saturated rings. The number of aliphatic hydroxyl groups is 1. The average Bonchev–Trinajstić information content (AvgIpc) is 2.73. The van der Waals surface area contributed by atoms with Gasteiger partial charge in [0, 0.05) is 30.4 Å². The first-order chi connectivity index (χ1) is 13.2. The second-order valence-electron chi connectivity index (χ2n) is 6.40. The number of nitrogens with zero attached hydrogens (tertiary/aromatic N) is 2. The largest absolute Gasteiger partial charge is 0.409 e. The summed E-state index contributed by atoms with van der Waals surface area (Å²) in [5.74, 6) is 6.00. The highest BCUT2D eigenvalue weighted by molar-refractivity contribution is 5.69. The van der Waals surface area contributed by atoms with Crippen molar-refractivity contribution in [2.75, 3.05) is 11.6 Å². The molecular formula is C21H30FN3O2. The minimum Gasteiger partial charge on any atom is -0.409 e. The van der Waals surface area contributed by atoms with Crippen LogP contribution in [0.2, 0.25) is 0 Å². The van der Waals surface area contributed by atoms with Crippen molar-refractivity contribution in [1.29, 1.82) is 0 Å². The molecule has 6 heteroatoms. The summed E-state index contributed by atoms with van der Waals surface area (Å²) in [5.41, 5.74) is 2.74. The van der Waals surface area contributed by atoms with Crippen molar-refractivity contribution in [3.8, 4) is 5.75 Å². The van der Waals surface area contributed by atoms with E-state index in [0.29, 0.717) is 12.2 Å². The lowest BCUT2D eigenvalue weighted by atomic mass is 9.91. The maximum Gasteiger partial charge on any atom is 0.173 e. The lowest BCUT2D eigenvalue weighted by Crippen LogP contribution is -2.36. The fourth-order valence-electron chi connectivity index (χ4n) is 3.45. The van der Waals surface area contributed by atoms with E-state index in [9.17, 15) is 9.50 Å². The topological polar surface area (TPSA) is 71.6 Å². The SMILES string of the molecule is CC.NOc1ccncc1N(c1ccc(CCF)cc1)C1CCC(O)CC1. The van der Waals surface area contributed by atoms with Crippen molar-refractivity contribution in [2.24, 2.45) is 5.90 Å². The third-order valence-corrected chi connectivity index (χ3v) is 4.78. The molecule has 1 aliphatic rings. The first-order valence-corrected chi connectivity index (χ1v) is 9.66. The number of rotatable bonds is 6. The Hall–Kier alpha value is -2.18. The van der Waals surface area contributed by atoms with Crippen molar-refractivity contribution < 1.29 is 14.3 Å². The van der Waals surface area contributed by atoms with Gasteiger partial charge in [-0.3, -0.25) is 9.37 Å². The molecule has 148 valence electrons. The van der Waals surface area contributed by atoms with E-state index in [1.165, 1.54) is 0 Å². The highest BCUT2D eigenvalue weighted by Crippen LogP contribution is 2.38. The molecule has 0 saturated heterocycles. The Labute approximate surface area is 160 Å². The van der Waals surface area contributed by atoms with Gasteiger partial charge in [-0.1, -0.05) is 26.0 Å².